The van der Waals surface area contributed by atoms with Gasteiger partial charge in [0.1, 0.15) is 0 Å². The van der Waals surface area contributed by atoms with E-state index in [1.165, 1.54) is 57.8 Å². The molecule has 0 aliphatic rings. The van der Waals surface area contributed by atoms with Crippen LogP contribution in [0, 0.1) is 11.3 Å². The molecule has 0 spiro atoms. The molecule has 1 N–H and O–H groups in total. The van der Waals surface area contributed by atoms with Crippen molar-refractivity contribution in [2.45, 2.75) is 85.5 Å². The molecule has 0 aromatic rings. The first-order valence-electron chi connectivity index (χ1n) is 9.22. The third-order valence-corrected chi connectivity index (χ3v) is 4.50. The molecule has 0 bridgehead atoms. The highest BCUT2D eigenvalue weighted by Crippen LogP contribution is 2.30. The van der Waals surface area contributed by atoms with E-state index in [-0.39, 0.29) is 0 Å². The summed E-state index contributed by atoms with van der Waals surface area (Å²) in [7, 11) is 1.77. The predicted molar refractivity (Wildman–Crippen MR) is 94.9 cm³/mol. The van der Waals surface area contributed by atoms with E-state index in [1.54, 1.807) is 7.11 Å². The molecule has 0 saturated heterocycles. The van der Waals surface area contributed by atoms with Crippen LogP contribution < -0.4 is 5.32 Å². The van der Waals surface area contributed by atoms with Crippen LogP contribution in [0.15, 0.2) is 0 Å². The van der Waals surface area contributed by atoms with E-state index in [4.69, 9.17) is 4.74 Å². The van der Waals surface area contributed by atoms with Crippen LogP contribution in [0.5, 0.6) is 0 Å². The van der Waals surface area contributed by atoms with Crippen LogP contribution in [-0.4, -0.2) is 26.8 Å². The molecule has 1 unspecified atom stereocenters. The van der Waals surface area contributed by atoms with Crippen molar-refractivity contribution in [3.05, 3.63) is 0 Å². The summed E-state index contributed by atoms with van der Waals surface area (Å²) in [5, 5.41) is 3.54. The van der Waals surface area contributed by atoms with Crippen LogP contribution in [0.3, 0.4) is 0 Å². The fourth-order valence-corrected chi connectivity index (χ4v) is 2.82. The first-order chi connectivity index (χ1) is 10.0. The van der Waals surface area contributed by atoms with E-state index >= 15 is 0 Å². The molecule has 0 radical (unpaired) electrons. The van der Waals surface area contributed by atoms with Gasteiger partial charge in [-0.3, -0.25) is 0 Å². The Balaban J connectivity index is 3.67. The molecule has 0 fully saturated rings. The maximum atomic E-state index is 5.10. The minimum Gasteiger partial charge on any atom is -0.383 e. The first-order valence-corrected chi connectivity index (χ1v) is 9.22. The molecule has 0 aliphatic heterocycles. The largest absolute Gasteiger partial charge is 0.383 e. The molecule has 2 nitrogen and oxygen atoms in total. The molecule has 0 aromatic heterocycles. The molecule has 0 aromatic carbocycles. The summed E-state index contributed by atoms with van der Waals surface area (Å²) in [5.74, 6) is 0.773. The van der Waals surface area contributed by atoms with Crippen LogP contribution in [0.25, 0.3) is 0 Å². The molecule has 0 aliphatic carbocycles. The number of rotatable bonds is 14. The Bertz CT molecular complexity index is 210. The van der Waals surface area contributed by atoms with Crippen molar-refractivity contribution in [3.8, 4) is 0 Å². The molecule has 1 atom stereocenters. The average molecular weight is 300 g/mol. The zero-order valence-electron chi connectivity index (χ0n) is 15.5. The third kappa shape index (κ3) is 13.3. The van der Waals surface area contributed by atoms with Crippen molar-refractivity contribution in [1.82, 2.24) is 5.32 Å². The molecule has 0 amide bonds. The summed E-state index contributed by atoms with van der Waals surface area (Å²) in [6, 6.07) is 0. The second-order valence-electron chi connectivity index (χ2n) is 7.52. The van der Waals surface area contributed by atoms with E-state index in [0.29, 0.717) is 5.41 Å². The van der Waals surface area contributed by atoms with E-state index in [1.807, 2.05) is 0 Å². The van der Waals surface area contributed by atoms with Gasteiger partial charge in [-0.15, -0.1) is 0 Å². The lowest BCUT2D eigenvalue weighted by Crippen LogP contribution is -2.33. The lowest BCUT2D eigenvalue weighted by Gasteiger charge is -2.31. The molecule has 2 heteroatoms. The van der Waals surface area contributed by atoms with Crippen molar-refractivity contribution in [2.24, 2.45) is 11.3 Å². The Hall–Kier alpha value is -0.0800. The van der Waals surface area contributed by atoms with Gasteiger partial charge in [-0.25, -0.2) is 0 Å². The van der Waals surface area contributed by atoms with Crippen LogP contribution >= 0.6 is 0 Å². The fraction of sp³-hybridized carbons (Fsp3) is 1.00. The predicted octanol–water partition coefficient (Wildman–Crippen LogP) is 5.42. The minimum atomic E-state index is 0.404. The zero-order chi connectivity index (χ0) is 16.0. The summed E-state index contributed by atoms with van der Waals surface area (Å²) in [6.07, 6.45) is 12.7. The van der Waals surface area contributed by atoms with Crippen molar-refractivity contribution < 1.29 is 4.74 Å². The molecule has 128 valence electrons. The smallest absolute Gasteiger partial charge is 0.0587 e. The molecule has 0 rings (SSSR count). The third-order valence-electron chi connectivity index (χ3n) is 4.50. The summed E-state index contributed by atoms with van der Waals surface area (Å²) in [6.45, 7) is 12.3. The molecular weight excluding hydrogens is 258 g/mol. The maximum absolute atomic E-state index is 5.10. The number of methoxy groups -OCH3 is 1. The van der Waals surface area contributed by atoms with Gasteiger partial charge in [-0.2, -0.15) is 0 Å². The number of unbranched alkanes of at least 4 members (excludes halogenated alkanes) is 7. The lowest BCUT2D eigenvalue weighted by molar-refractivity contribution is 0.181. The van der Waals surface area contributed by atoms with Crippen LogP contribution in [-0.2, 0) is 4.74 Å². The van der Waals surface area contributed by atoms with Gasteiger partial charge in [-0.1, -0.05) is 79.1 Å². The molecule has 0 saturated carbocycles. The van der Waals surface area contributed by atoms with E-state index in [9.17, 15) is 0 Å². The maximum Gasteiger partial charge on any atom is 0.0587 e. The van der Waals surface area contributed by atoms with Gasteiger partial charge in [0.15, 0.2) is 0 Å². The first kappa shape index (κ1) is 20.9. The number of ether oxygens (including phenoxy) is 1. The summed E-state index contributed by atoms with van der Waals surface area (Å²) < 4.78 is 5.10. The second-order valence-corrected chi connectivity index (χ2v) is 7.52. The molecule has 21 heavy (non-hydrogen) atoms. The summed E-state index contributed by atoms with van der Waals surface area (Å²) in [5.41, 5.74) is 0.404. The van der Waals surface area contributed by atoms with Crippen LogP contribution in [0.1, 0.15) is 85.5 Å². The Kier molecular flexibility index (Phi) is 13.5. The number of hydrogen-bond acceptors (Lipinski definition) is 2. The Morgan fingerprint density at radius 3 is 2.00 bits per heavy atom. The fourth-order valence-electron chi connectivity index (χ4n) is 2.82. The molecule has 0 heterocycles. The quantitative estimate of drug-likeness (QED) is 0.433. The second kappa shape index (κ2) is 13.6. The monoisotopic (exact) mass is 299 g/mol. The molecular formula is C19H41NO. The zero-order valence-corrected chi connectivity index (χ0v) is 15.5. The van der Waals surface area contributed by atoms with E-state index in [2.05, 4.69) is 33.0 Å². The van der Waals surface area contributed by atoms with Gasteiger partial charge in [0.2, 0.25) is 0 Å². The Morgan fingerprint density at radius 1 is 0.905 bits per heavy atom. The van der Waals surface area contributed by atoms with Gasteiger partial charge in [0.05, 0.1) is 6.61 Å². The van der Waals surface area contributed by atoms with Crippen LogP contribution in [0.2, 0.25) is 0 Å². The van der Waals surface area contributed by atoms with E-state index < -0.39 is 0 Å². The normalized spacial score (nSPS) is 13.6. The average Bonchev–Trinajstić information content (AvgIpc) is 2.42. The Labute approximate surface area is 134 Å². The van der Waals surface area contributed by atoms with Crippen molar-refractivity contribution in [1.29, 1.82) is 0 Å². The van der Waals surface area contributed by atoms with Gasteiger partial charge < -0.3 is 10.1 Å². The standard InChI is InChI=1S/C19H41NO/c1-6-7-8-9-10-11-12-13-14-18(19(2,3)4)17-20-15-16-21-5/h18,20H,6-17H2,1-5H3. The lowest BCUT2D eigenvalue weighted by atomic mass is 9.77. The van der Waals surface area contributed by atoms with Gasteiger partial charge in [0.25, 0.3) is 0 Å². The van der Waals surface area contributed by atoms with Crippen molar-refractivity contribution >= 4 is 0 Å². The van der Waals surface area contributed by atoms with Crippen molar-refractivity contribution in [3.63, 3.8) is 0 Å². The Morgan fingerprint density at radius 2 is 1.48 bits per heavy atom. The van der Waals surface area contributed by atoms with Gasteiger partial charge in [-0.05, 0) is 24.3 Å². The van der Waals surface area contributed by atoms with Crippen molar-refractivity contribution in [2.75, 3.05) is 26.8 Å². The summed E-state index contributed by atoms with van der Waals surface area (Å²) >= 11 is 0. The topological polar surface area (TPSA) is 21.3 Å². The SMILES string of the molecule is CCCCCCCCCCC(CNCCOC)C(C)(C)C. The highest BCUT2D eigenvalue weighted by atomic mass is 16.5. The van der Waals surface area contributed by atoms with Crippen LogP contribution in [0.4, 0.5) is 0 Å². The van der Waals surface area contributed by atoms with E-state index in [0.717, 1.165) is 25.6 Å². The highest BCUT2D eigenvalue weighted by molar-refractivity contribution is 4.76. The van der Waals surface area contributed by atoms with Gasteiger partial charge in [0, 0.05) is 13.7 Å². The number of nitrogens with one attached hydrogen (secondary N) is 1. The highest BCUT2D eigenvalue weighted by Gasteiger charge is 2.23. The number of hydrogen-bond donors (Lipinski definition) is 1. The van der Waals surface area contributed by atoms with Gasteiger partial charge >= 0.3 is 0 Å². The minimum absolute atomic E-state index is 0.404. The summed E-state index contributed by atoms with van der Waals surface area (Å²) in [4.78, 5) is 0.